The Morgan fingerprint density at radius 3 is 2.08 bits per heavy atom. The minimum Gasteiger partial charge on any atom is -0.301 e. The maximum Gasteiger partial charge on any atom is 0.0705 e. The van der Waals surface area contributed by atoms with Crippen molar-refractivity contribution < 1.29 is 0 Å². The van der Waals surface area contributed by atoms with Gasteiger partial charge in [-0.3, -0.25) is 9.88 Å². The molecule has 1 fully saturated rings. The zero-order valence-corrected chi connectivity index (χ0v) is 24.2. The number of piperazine rings is 1. The van der Waals surface area contributed by atoms with Crippen LogP contribution < -0.4 is 0 Å². The monoisotopic (exact) mass is 505 g/mol. The minimum atomic E-state index is 1.00. The van der Waals surface area contributed by atoms with Crippen LogP contribution >= 0.6 is 0 Å². The number of hydrogen-bond acceptors (Lipinski definition) is 3. The molecule has 0 unspecified atom stereocenters. The number of aryl methyl sites for hydroxylation is 5. The predicted octanol–water partition coefficient (Wildman–Crippen LogP) is 7.50. The number of hydrogen-bond donors (Lipinski definition) is 0. The van der Waals surface area contributed by atoms with E-state index in [2.05, 4.69) is 105 Å². The summed E-state index contributed by atoms with van der Waals surface area (Å²) in [5.74, 6) is 0. The van der Waals surface area contributed by atoms with Crippen LogP contribution in [0.15, 0.2) is 54.7 Å². The Hall–Kier alpha value is -3.01. The normalized spacial score (nSPS) is 14.9. The van der Waals surface area contributed by atoms with Gasteiger partial charge in [-0.1, -0.05) is 24.3 Å². The Morgan fingerprint density at radius 1 is 0.658 bits per heavy atom. The zero-order valence-electron chi connectivity index (χ0n) is 24.2. The van der Waals surface area contributed by atoms with Crippen molar-refractivity contribution >= 4 is 10.8 Å². The van der Waals surface area contributed by atoms with Gasteiger partial charge in [-0.15, -0.1) is 0 Å². The van der Waals surface area contributed by atoms with Crippen molar-refractivity contribution in [2.75, 3.05) is 32.7 Å². The number of benzene rings is 3. The SMILES string of the molecule is Cc1cc(-c2cc(CN3CCN(CCCc4ccc5c(C)c(C)c(C)cc5c4)CC3)ccn2)cc(C)c1C. The molecule has 3 aromatic carbocycles. The van der Waals surface area contributed by atoms with Crippen molar-refractivity contribution in [2.45, 2.75) is 60.9 Å². The van der Waals surface area contributed by atoms with Crippen LogP contribution in [0.2, 0.25) is 0 Å². The fourth-order valence-electron chi connectivity index (χ4n) is 5.92. The van der Waals surface area contributed by atoms with Crippen LogP contribution in [0.4, 0.5) is 0 Å². The smallest absolute Gasteiger partial charge is 0.0705 e. The van der Waals surface area contributed by atoms with Gasteiger partial charge in [0.1, 0.15) is 0 Å². The number of nitrogens with zero attached hydrogens (tertiary/aromatic N) is 3. The molecule has 3 nitrogen and oxygen atoms in total. The summed E-state index contributed by atoms with van der Waals surface area (Å²) < 4.78 is 0. The molecule has 0 N–H and O–H groups in total. The maximum atomic E-state index is 4.69. The largest absolute Gasteiger partial charge is 0.301 e. The molecule has 4 aromatic rings. The highest BCUT2D eigenvalue weighted by atomic mass is 15.3. The molecule has 38 heavy (non-hydrogen) atoms. The highest BCUT2D eigenvalue weighted by molar-refractivity contribution is 5.88. The third-order valence-electron chi connectivity index (χ3n) is 8.90. The second-order valence-electron chi connectivity index (χ2n) is 11.5. The second kappa shape index (κ2) is 11.4. The molecule has 2 heterocycles. The molecule has 1 saturated heterocycles. The van der Waals surface area contributed by atoms with E-state index in [-0.39, 0.29) is 0 Å². The van der Waals surface area contributed by atoms with E-state index in [4.69, 9.17) is 0 Å². The molecular weight excluding hydrogens is 462 g/mol. The van der Waals surface area contributed by atoms with Gasteiger partial charge >= 0.3 is 0 Å². The first-order chi connectivity index (χ1) is 18.3. The third-order valence-corrected chi connectivity index (χ3v) is 8.90. The van der Waals surface area contributed by atoms with Crippen LogP contribution in [0.1, 0.15) is 50.9 Å². The van der Waals surface area contributed by atoms with E-state index in [0.717, 1.165) is 44.8 Å². The molecule has 0 amide bonds. The Kier molecular flexibility index (Phi) is 7.97. The van der Waals surface area contributed by atoms with E-state index in [9.17, 15) is 0 Å². The lowest BCUT2D eigenvalue weighted by Gasteiger charge is -2.34. The molecule has 0 bridgehead atoms. The van der Waals surface area contributed by atoms with Gasteiger partial charge in [-0.05, 0) is 140 Å². The summed E-state index contributed by atoms with van der Waals surface area (Å²) in [5.41, 5.74) is 13.4. The summed E-state index contributed by atoms with van der Waals surface area (Å²) in [5, 5.41) is 2.79. The van der Waals surface area contributed by atoms with Crippen molar-refractivity contribution in [3.63, 3.8) is 0 Å². The van der Waals surface area contributed by atoms with E-state index in [0.29, 0.717) is 0 Å². The van der Waals surface area contributed by atoms with E-state index < -0.39 is 0 Å². The van der Waals surface area contributed by atoms with E-state index in [1.807, 2.05) is 6.20 Å². The number of aromatic nitrogens is 1. The Balaban J connectivity index is 1.12. The fourth-order valence-corrected chi connectivity index (χ4v) is 5.92. The second-order valence-corrected chi connectivity index (χ2v) is 11.5. The van der Waals surface area contributed by atoms with Gasteiger partial charge in [-0.2, -0.15) is 0 Å². The Morgan fingerprint density at radius 2 is 1.34 bits per heavy atom. The Labute approximate surface area is 229 Å². The van der Waals surface area contributed by atoms with Crippen LogP contribution in [0, 0.1) is 41.5 Å². The summed E-state index contributed by atoms with van der Waals surface area (Å²) in [7, 11) is 0. The molecule has 1 aliphatic heterocycles. The number of rotatable bonds is 7. The minimum absolute atomic E-state index is 1.00. The highest BCUT2D eigenvalue weighted by Gasteiger charge is 2.17. The van der Waals surface area contributed by atoms with Gasteiger partial charge < -0.3 is 4.90 Å². The van der Waals surface area contributed by atoms with Crippen LogP contribution in [-0.4, -0.2) is 47.5 Å². The summed E-state index contributed by atoms with van der Waals surface area (Å²) in [6, 6.07) is 18.4. The molecule has 198 valence electrons. The lowest BCUT2D eigenvalue weighted by atomic mass is 9.94. The third kappa shape index (κ3) is 5.85. The number of fused-ring (bicyclic) bond motifs is 1. The lowest BCUT2D eigenvalue weighted by molar-refractivity contribution is 0.126. The first-order valence-electron chi connectivity index (χ1n) is 14.3. The van der Waals surface area contributed by atoms with Gasteiger partial charge in [-0.25, -0.2) is 0 Å². The average Bonchev–Trinajstić information content (AvgIpc) is 2.91. The molecule has 1 aromatic heterocycles. The molecule has 0 atom stereocenters. The van der Waals surface area contributed by atoms with Crippen molar-refractivity contribution in [1.82, 2.24) is 14.8 Å². The average molecular weight is 506 g/mol. The van der Waals surface area contributed by atoms with Gasteiger partial charge in [0.25, 0.3) is 0 Å². The zero-order chi connectivity index (χ0) is 26.8. The van der Waals surface area contributed by atoms with Gasteiger partial charge in [0.15, 0.2) is 0 Å². The van der Waals surface area contributed by atoms with Crippen LogP contribution in [-0.2, 0) is 13.0 Å². The topological polar surface area (TPSA) is 19.4 Å². The summed E-state index contributed by atoms with van der Waals surface area (Å²) in [4.78, 5) is 9.93. The van der Waals surface area contributed by atoms with Crippen molar-refractivity contribution in [3.05, 3.63) is 99.2 Å². The van der Waals surface area contributed by atoms with Crippen molar-refractivity contribution in [1.29, 1.82) is 0 Å². The van der Waals surface area contributed by atoms with Gasteiger partial charge in [0, 0.05) is 44.5 Å². The predicted molar refractivity (Wildman–Crippen MR) is 162 cm³/mol. The summed E-state index contributed by atoms with van der Waals surface area (Å²) in [6.07, 6.45) is 4.35. The van der Waals surface area contributed by atoms with Crippen LogP contribution in [0.3, 0.4) is 0 Å². The van der Waals surface area contributed by atoms with Gasteiger partial charge in [0.2, 0.25) is 0 Å². The van der Waals surface area contributed by atoms with Gasteiger partial charge in [0.05, 0.1) is 5.69 Å². The molecule has 0 radical (unpaired) electrons. The quantitative estimate of drug-likeness (QED) is 0.259. The number of pyridine rings is 1. The van der Waals surface area contributed by atoms with E-state index in [1.165, 1.54) is 73.8 Å². The highest BCUT2D eigenvalue weighted by Crippen LogP contribution is 2.27. The molecule has 5 rings (SSSR count). The molecule has 0 aliphatic carbocycles. The first-order valence-corrected chi connectivity index (χ1v) is 14.3. The summed E-state index contributed by atoms with van der Waals surface area (Å²) in [6.45, 7) is 20.1. The molecule has 0 saturated carbocycles. The van der Waals surface area contributed by atoms with Crippen LogP contribution in [0.25, 0.3) is 22.0 Å². The van der Waals surface area contributed by atoms with E-state index in [1.54, 1.807) is 0 Å². The summed E-state index contributed by atoms with van der Waals surface area (Å²) >= 11 is 0. The van der Waals surface area contributed by atoms with Crippen molar-refractivity contribution in [2.24, 2.45) is 0 Å². The first kappa shape index (κ1) is 26.6. The standard InChI is InChI=1S/C35H43N3/c1-24-19-33(20-25(2)27(24)4)35-22-31(11-12-36-35)23-38-16-14-37(15-17-38)13-7-8-30-9-10-34-29(6)28(5)26(3)18-32(34)21-30/h9-12,18-22H,7-8,13-17,23H2,1-6H3. The molecule has 0 spiro atoms. The van der Waals surface area contributed by atoms with Crippen LogP contribution in [0.5, 0.6) is 0 Å². The molecule has 1 aliphatic rings. The lowest BCUT2D eigenvalue weighted by Crippen LogP contribution is -2.46. The van der Waals surface area contributed by atoms with Crippen molar-refractivity contribution in [3.8, 4) is 11.3 Å². The molecule has 3 heteroatoms. The molecular formula is C35H43N3. The van der Waals surface area contributed by atoms with E-state index >= 15 is 0 Å². The fraction of sp³-hybridized carbons (Fsp3) is 0.400. The maximum absolute atomic E-state index is 4.69. The Bertz CT molecular complexity index is 1420.